The Labute approximate surface area is 218 Å². The van der Waals surface area contributed by atoms with Gasteiger partial charge in [-0.15, -0.1) is 0 Å². The molecule has 2 aromatic carbocycles. The second-order valence-electron chi connectivity index (χ2n) is 14.1. The Morgan fingerprint density at radius 1 is 0.571 bits per heavy atom. The molecule has 35 heavy (non-hydrogen) atoms. The predicted molar refractivity (Wildman–Crippen MR) is 158 cm³/mol. The van der Waals surface area contributed by atoms with Crippen LogP contribution >= 0.6 is 0 Å². The molecule has 0 bridgehead atoms. The fourth-order valence-electron chi connectivity index (χ4n) is 8.16. The minimum Gasteiger partial charge on any atom is -0.0684 e. The molecule has 0 fully saturated rings. The molecule has 2 aliphatic rings. The van der Waals surface area contributed by atoms with Crippen molar-refractivity contribution in [2.45, 2.75) is 130 Å². The van der Waals surface area contributed by atoms with Crippen LogP contribution in [0.1, 0.15) is 148 Å². The monoisotopic (exact) mass is 488 g/mol. The van der Waals surface area contributed by atoms with Crippen LogP contribution in [0.2, 0.25) is 13.1 Å². The molecule has 0 aliphatic heterocycles. The van der Waals surface area contributed by atoms with Crippen LogP contribution in [0.25, 0.3) is 0 Å². The van der Waals surface area contributed by atoms with Crippen LogP contribution in [0, 0.1) is 11.8 Å². The Bertz CT molecular complexity index is 999. The molecule has 2 aliphatic carbocycles. The van der Waals surface area contributed by atoms with Crippen LogP contribution in [-0.4, -0.2) is 8.07 Å². The average molecular weight is 489 g/mol. The quantitative estimate of drug-likeness (QED) is 0.355. The predicted octanol–water partition coefficient (Wildman–Crippen LogP) is 10.2. The van der Waals surface area contributed by atoms with Gasteiger partial charge in [-0.1, -0.05) is 107 Å². The minimum absolute atomic E-state index is 0.590. The third-order valence-electron chi connectivity index (χ3n) is 9.72. The van der Waals surface area contributed by atoms with E-state index >= 15 is 0 Å². The van der Waals surface area contributed by atoms with Gasteiger partial charge in [-0.25, -0.2) is 0 Å². The Hall–Kier alpha value is -1.34. The van der Waals surface area contributed by atoms with E-state index in [1.54, 1.807) is 44.5 Å². The van der Waals surface area contributed by atoms with Crippen molar-refractivity contribution in [3.63, 3.8) is 0 Å². The summed E-state index contributed by atoms with van der Waals surface area (Å²) >= 11 is 0. The number of fused-ring (bicyclic) bond motifs is 2. The Balaban J connectivity index is 1.89. The van der Waals surface area contributed by atoms with Gasteiger partial charge in [0, 0.05) is 0 Å². The summed E-state index contributed by atoms with van der Waals surface area (Å²) in [5, 5.41) is 0. The van der Waals surface area contributed by atoms with Crippen LogP contribution in [0.3, 0.4) is 0 Å². The lowest BCUT2D eigenvalue weighted by Crippen LogP contribution is -2.45. The molecule has 0 saturated carbocycles. The molecule has 4 unspecified atom stereocenters. The summed E-state index contributed by atoms with van der Waals surface area (Å²) in [5.41, 5.74) is 14.8. The third kappa shape index (κ3) is 4.49. The van der Waals surface area contributed by atoms with Crippen LogP contribution < -0.4 is 0 Å². The average Bonchev–Trinajstić information content (AvgIpc) is 3.27. The highest BCUT2D eigenvalue weighted by atomic mass is 28.3. The second kappa shape index (κ2) is 9.51. The van der Waals surface area contributed by atoms with Gasteiger partial charge in [0.15, 0.2) is 0 Å². The van der Waals surface area contributed by atoms with Gasteiger partial charge in [-0.2, -0.15) is 0 Å². The fraction of sp³-hybridized carbons (Fsp3) is 0.647. The number of rotatable bonds is 6. The first-order valence-electron chi connectivity index (χ1n) is 14.6. The molecule has 0 spiro atoms. The summed E-state index contributed by atoms with van der Waals surface area (Å²) in [4.78, 5) is 0. The maximum atomic E-state index is 2.76. The molecule has 0 radical (unpaired) electrons. The molecule has 2 aromatic rings. The first-order chi connectivity index (χ1) is 16.2. The van der Waals surface area contributed by atoms with E-state index in [-0.39, 0.29) is 0 Å². The maximum absolute atomic E-state index is 2.76. The van der Waals surface area contributed by atoms with Crippen LogP contribution in [-0.2, 0) is 12.8 Å². The third-order valence-corrected chi connectivity index (χ3v) is 14.7. The van der Waals surface area contributed by atoms with E-state index in [0.717, 1.165) is 22.9 Å². The van der Waals surface area contributed by atoms with Crippen molar-refractivity contribution in [2.75, 3.05) is 0 Å². The van der Waals surface area contributed by atoms with Crippen LogP contribution in [0.4, 0.5) is 0 Å². The Morgan fingerprint density at radius 2 is 0.914 bits per heavy atom. The van der Waals surface area contributed by atoms with Gasteiger partial charge in [-0.3, -0.25) is 0 Å². The van der Waals surface area contributed by atoms with E-state index in [1.807, 2.05) is 0 Å². The smallest absolute Gasteiger partial charge is 0.0634 e. The number of hydrogen-bond acceptors (Lipinski definition) is 0. The van der Waals surface area contributed by atoms with Gasteiger partial charge in [0.25, 0.3) is 0 Å². The van der Waals surface area contributed by atoms with Gasteiger partial charge in [0.1, 0.15) is 0 Å². The Kier molecular flexibility index (Phi) is 7.26. The van der Waals surface area contributed by atoms with E-state index in [9.17, 15) is 0 Å². The van der Waals surface area contributed by atoms with E-state index in [1.165, 1.54) is 12.8 Å². The summed E-state index contributed by atoms with van der Waals surface area (Å²) in [6.45, 7) is 29.7. The zero-order valence-electron chi connectivity index (χ0n) is 24.8. The van der Waals surface area contributed by atoms with Gasteiger partial charge in [0.05, 0.1) is 8.07 Å². The largest absolute Gasteiger partial charge is 0.0684 e. The summed E-state index contributed by atoms with van der Waals surface area (Å²) in [7, 11) is -1.70. The van der Waals surface area contributed by atoms with Crippen molar-refractivity contribution in [3.05, 3.63) is 68.8 Å². The molecular formula is C34H52Si. The van der Waals surface area contributed by atoms with E-state index < -0.39 is 8.07 Å². The molecule has 0 amide bonds. The van der Waals surface area contributed by atoms with Gasteiger partial charge >= 0.3 is 0 Å². The van der Waals surface area contributed by atoms with Crippen molar-refractivity contribution in [3.8, 4) is 0 Å². The summed E-state index contributed by atoms with van der Waals surface area (Å²) in [5.74, 6) is 3.89. The van der Waals surface area contributed by atoms with Gasteiger partial charge in [0.2, 0.25) is 0 Å². The van der Waals surface area contributed by atoms with Gasteiger partial charge < -0.3 is 0 Å². The highest BCUT2D eigenvalue weighted by Gasteiger charge is 2.51. The number of benzene rings is 2. The highest BCUT2D eigenvalue weighted by Crippen LogP contribution is 2.55. The normalized spacial score (nSPS) is 24.2. The summed E-state index contributed by atoms with van der Waals surface area (Å²) in [6, 6.07) is 10.4. The SMILES string of the molecule is CC(C)c1cc(C(C)C)c2c(c1)C([Si](C)(C)C1c3cc(C(C)C)cc(C(C)C)c3CC1C)C(C)C2. The second-order valence-corrected chi connectivity index (χ2v) is 19.0. The molecule has 4 rings (SSSR count). The molecule has 0 saturated heterocycles. The maximum Gasteiger partial charge on any atom is 0.0634 e. The molecule has 1 heteroatoms. The first-order valence-corrected chi connectivity index (χ1v) is 17.7. The van der Waals surface area contributed by atoms with Crippen molar-refractivity contribution in [2.24, 2.45) is 11.8 Å². The first kappa shape index (κ1) is 26.7. The van der Waals surface area contributed by atoms with Crippen molar-refractivity contribution >= 4 is 8.07 Å². The molecular weight excluding hydrogens is 436 g/mol. The van der Waals surface area contributed by atoms with Crippen molar-refractivity contribution < 1.29 is 0 Å². The lowest BCUT2D eigenvalue weighted by molar-refractivity contribution is 0.542. The Morgan fingerprint density at radius 3 is 1.20 bits per heavy atom. The molecule has 0 nitrogen and oxygen atoms in total. The lowest BCUT2D eigenvalue weighted by Gasteiger charge is -2.41. The number of hydrogen-bond donors (Lipinski definition) is 0. The molecule has 0 N–H and O–H groups in total. The minimum atomic E-state index is -1.70. The zero-order valence-corrected chi connectivity index (χ0v) is 25.8. The molecule has 0 heterocycles. The van der Waals surface area contributed by atoms with E-state index in [0.29, 0.717) is 23.7 Å². The molecule has 4 atom stereocenters. The zero-order chi connectivity index (χ0) is 26.0. The van der Waals surface area contributed by atoms with E-state index in [2.05, 4.69) is 107 Å². The van der Waals surface area contributed by atoms with Crippen LogP contribution in [0.15, 0.2) is 24.3 Å². The van der Waals surface area contributed by atoms with Crippen molar-refractivity contribution in [1.82, 2.24) is 0 Å². The van der Waals surface area contributed by atoms with Crippen molar-refractivity contribution in [1.29, 1.82) is 0 Å². The van der Waals surface area contributed by atoms with Gasteiger partial charge in [-0.05, 0) is 104 Å². The molecule has 192 valence electrons. The summed E-state index contributed by atoms with van der Waals surface area (Å²) < 4.78 is 0. The standard InChI is InChI=1S/C34H52Si/c1-19(2)25-15-27(21(5)6)29-13-23(9)33(31(29)17-25)35(11,12)34-24(10)14-30-28(22(7)8)16-26(20(3)4)18-32(30)34/h15-24,33-34H,13-14H2,1-12H3. The molecule has 0 aromatic heterocycles. The highest BCUT2D eigenvalue weighted by molar-refractivity contribution is 6.80. The van der Waals surface area contributed by atoms with Crippen LogP contribution in [0.5, 0.6) is 0 Å². The summed E-state index contributed by atoms with van der Waals surface area (Å²) in [6.07, 6.45) is 2.55. The lowest BCUT2D eigenvalue weighted by atomic mass is 9.89. The van der Waals surface area contributed by atoms with E-state index in [4.69, 9.17) is 0 Å². The fourth-order valence-corrected chi connectivity index (χ4v) is 13.8. The topological polar surface area (TPSA) is 0 Å².